The molecule has 562 valence electrons. The second-order valence-electron chi connectivity index (χ2n) is 30.1. The molecule has 0 aliphatic heterocycles. The molecular weight excluding hydrogens is 1510 g/mol. The third kappa shape index (κ3) is 12.0. The highest BCUT2D eigenvalue weighted by molar-refractivity contribution is 7.26. The van der Waals surface area contributed by atoms with Crippen molar-refractivity contribution in [2.75, 3.05) is 0 Å². The van der Waals surface area contributed by atoms with Gasteiger partial charge in [0.25, 0.3) is 0 Å². The fourth-order valence-electron chi connectivity index (χ4n) is 17.9. The Balaban J connectivity index is 0.000000117. The molecule has 0 nitrogen and oxygen atoms in total. The number of rotatable bonds is 7. The quantitative estimate of drug-likeness (QED) is 0.140. The van der Waals surface area contributed by atoms with Gasteiger partial charge >= 0.3 is 0 Å². The van der Waals surface area contributed by atoms with Crippen molar-refractivity contribution >= 4 is 202 Å². The molecule has 3 heteroatoms. The van der Waals surface area contributed by atoms with Crippen LogP contribution in [0.5, 0.6) is 0 Å². The zero-order chi connectivity index (χ0) is 100. The molecule has 26 rings (SSSR count). The molecule has 0 N–H and O–H groups in total. The van der Waals surface area contributed by atoms with Gasteiger partial charge in [-0.15, -0.1) is 34.0 Å². The average Bonchev–Trinajstić information content (AvgIpc) is 1.42. The predicted octanol–water partition coefficient (Wildman–Crippen LogP) is 35.4. The first-order chi connectivity index (χ1) is 70.0. The lowest BCUT2D eigenvalue weighted by Gasteiger charge is -2.18. The first kappa shape index (κ1) is 50.2. The van der Waals surface area contributed by atoms with Crippen LogP contribution in [0.25, 0.3) is 246 Å². The maximum Gasteiger partial charge on any atom is 0.0629 e. The van der Waals surface area contributed by atoms with E-state index in [4.69, 9.17) is 27.4 Å². The van der Waals surface area contributed by atoms with E-state index in [0.717, 1.165) is 83.8 Å². The van der Waals surface area contributed by atoms with Crippen LogP contribution in [0.1, 0.15) is 32.9 Å². The maximum absolute atomic E-state index is 9.29. The van der Waals surface area contributed by atoms with Gasteiger partial charge in [0.1, 0.15) is 0 Å². The van der Waals surface area contributed by atoms with Gasteiger partial charge in [0.2, 0.25) is 0 Å². The van der Waals surface area contributed by atoms with Gasteiger partial charge in [0.05, 0.1) is 32.9 Å². The molecule has 23 aromatic carbocycles. The van der Waals surface area contributed by atoms with E-state index in [1.165, 1.54) is 30.9 Å². The Morgan fingerprint density at radius 3 is 0.727 bits per heavy atom. The average molecular weight is 1610 g/mol. The van der Waals surface area contributed by atoms with E-state index in [1.54, 1.807) is 82.5 Å². The summed E-state index contributed by atoms with van der Waals surface area (Å²) >= 11 is 5.00. The Morgan fingerprint density at radius 2 is 0.380 bits per heavy atom. The van der Waals surface area contributed by atoms with Gasteiger partial charge in [-0.2, -0.15) is 0 Å². The lowest BCUT2D eigenvalue weighted by atomic mass is 9.84. The summed E-state index contributed by atoms with van der Waals surface area (Å²) in [6, 6.07) is 87.2. The van der Waals surface area contributed by atoms with Crippen LogP contribution in [0.4, 0.5) is 0 Å². The molecule has 121 heavy (non-hydrogen) atoms. The van der Waals surface area contributed by atoms with Crippen molar-refractivity contribution in [2.45, 2.75) is 0 Å². The highest BCUT2D eigenvalue weighted by atomic mass is 32.1. The van der Waals surface area contributed by atoms with Crippen LogP contribution in [0.15, 0.2) is 436 Å². The minimum absolute atomic E-state index is 0.212. The van der Waals surface area contributed by atoms with Gasteiger partial charge in [0, 0.05) is 60.5 Å². The van der Waals surface area contributed by atoms with Crippen LogP contribution in [0, 0.1) is 0 Å². The van der Waals surface area contributed by atoms with Gasteiger partial charge in [-0.25, -0.2) is 0 Å². The molecular formula is C118H72S3. The SMILES string of the molecule is [2H]c1c([2H])c([2H])c2c(-c3ccc(-c4ccc5c(c4)sc4cc6ccccc6cc45)cc3)c3c([2H])c([2H])c([2H])c([2H])c3c(-c3ccccc3)c2c1[2H].[2H]c1c([2H])c([2H])c2c(-c3ccc4c(c3)sc3cc5ccccc5cc34)c3c([2H])c([2H])c([2H])c([2H])c3c(-c3ccccc3)c2c1[2H].[2H]c1c([2H])c([2H])c2c(-c3cccc4ccccc34)c3c([2H])c([2H])c([2H])c([2H])c3c(-c3ccc4c(c3)sc3cc5ccccc5cc34)c2c1[2H]. The van der Waals surface area contributed by atoms with E-state index in [0.29, 0.717) is 66.8 Å². The van der Waals surface area contributed by atoms with Crippen LogP contribution in [-0.4, -0.2) is 0 Å². The molecule has 0 atom stereocenters. The van der Waals surface area contributed by atoms with Gasteiger partial charge < -0.3 is 0 Å². The van der Waals surface area contributed by atoms with Crippen LogP contribution in [-0.2, 0) is 0 Å². The zero-order valence-electron chi connectivity index (χ0n) is 87.9. The molecule has 26 aromatic rings. The number of hydrogen-bond donors (Lipinski definition) is 0. The number of hydrogen-bond acceptors (Lipinski definition) is 3. The van der Waals surface area contributed by atoms with Crippen molar-refractivity contribution in [1.29, 1.82) is 0 Å². The normalized spacial score (nSPS) is 14.6. The summed E-state index contributed by atoms with van der Waals surface area (Å²) in [6.07, 6.45) is 0. The van der Waals surface area contributed by atoms with Crippen molar-refractivity contribution in [2.24, 2.45) is 0 Å². The predicted molar refractivity (Wildman–Crippen MR) is 531 cm³/mol. The minimum atomic E-state index is -0.408. The van der Waals surface area contributed by atoms with Crippen molar-refractivity contribution in [3.63, 3.8) is 0 Å². The fraction of sp³-hybridized carbons (Fsp3) is 0. The third-order valence-electron chi connectivity index (χ3n) is 23.4. The molecule has 0 unspecified atom stereocenters. The fourth-order valence-corrected chi connectivity index (χ4v) is 21.5. The van der Waals surface area contributed by atoms with E-state index >= 15 is 0 Å². The van der Waals surface area contributed by atoms with Crippen LogP contribution < -0.4 is 0 Å². The van der Waals surface area contributed by atoms with Crippen LogP contribution >= 0.6 is 34.0 Å². The Labute approximate surface area is 745 Å². The molecule has 0 fully saturated rings. The van der Waals surface area contributed by atoms with Crippen LogP contribution in [0.3, 0.4) is 0 Å². The highest BCUT2D eigenvalue weighted by Crippen LogP contribution is 2.51. The zero-order valence-corrected chi connectivity index (χ0v) is 66.4. The van der Waals surface area contributed by atoms with E-state index in [-0.39, 0.29) is 137 Å². The Bertz CT molecular complexity index is 10000. The summed E-state index contributed by atoms with van der Waals surface area (Å²) in [5.41, 5.74) is 7.72. The third-order valence-corrected chi connectivity index (χ3v) is 26.8. The summed E-state index contributed by atoms with van der Waals surface area (Å²) in [7, 11) is 0. The monoisotopic (exact) mass is 1610 g/mol. The summed E-state index contributed by atoms with van der Waals surface area (Å²) in [6.45, 7) is 0. The number of thiophene rings is 3. The first-order valence-electron chi connectivity index (χ1n) is 51.6. The number of fused-ring (bicyclic) bond motifs is 19. The molecule has 0 spiro atoms. The van der Waals surface area contributed by atoms with E-state index in [2.05, 4.69) is 103 Å². The Hall–Kier alpha value is -14.7. The topological polar surface area (TPSA) is 0 Å². The van der Waals surface area contributed by atoms with Gasteiger partial charge in [-0.1, -0.05) is 382 Å². The summed E-state index contributed by atoms with van der Waals surface area (Å²) in [4.78, 5) is 0. The van der Waals surface area contributed by atoms with E-state index in [1.807, 2.05) is 140 Å². The van der Waals surface area contributed by atoms with Crippen molar-refractivity contribution in [1.82, 2.24) is 0 Å². The van der Waals surface area contributed by atoms with Crippen LogP contribution in [0.2, 0.25) is 0 Å². The summed E-state index contributed by atoms with van der Waals surface area (Å²) in [5, 5.41) is 18.0. The molecule has 0 aliphatic carbocycles. The molecule has 0 aliphatic rings. The van der Waals surface area contributed by atoms with Gasteiger partial charge in [-0.05, 0) is 240 Å². The van der Waals surface area contributed by atoms with Gasteiger partial charge in [-0.3, -0.25) is 0 Å². The van der Waals surface area contributed by atoms with Crippen molar-refractivity contribution in [3.8, 4) is 77.9 Å². The van der Waals surface area contributed by atoms with Crippen molar-refractivity contribution < 1.29 is 32.9 Å². The molecule has 3 heterocycles. The Morgan fingerprint density at radius 1 is 0.140 bits per heavy atom. The summed E-state index contributed by atoms with van der Waals surface area (Å²) in [5.74, 6) is 0. The first-order valence-corrected chi connectivity index (χ1v) is 42.0. The molecule has 3 aromatic heterocycles. The summed E-state index contributed by atoms with van der Waals surface area (Å²) < 4.78 is 220. The lowest BCUT2D eigenvalue weighted by Crippen LogP contribution is -1.91. The van der Waals surface area contributed by atoms with E-state index in [9.17, 15) is 5.48 Å². The standard InChI is InChI=1S/C42H26S.C40H24S.C36H22S/c1-2-10-28(11-3-1)41-34-14-6-8-16-36(34)42(37-17-9-7-15-35(37)41)29-20-18-27(19-21-29)32-22-23-33-38-24-30-12-4-5-13-31(30)25-40(38)43-39(33)26-32;1-2-12-27-23-38-36(22-26(27)11-1)30-21-20-28(24-37(30)41-38)39-32-15-5-7-17-34(32)40(35-18-8-6-16-33(35)39)31-19-9-13-25-10-3-4-14-29(25)31;1-2-10-23(11-3-1)35-28-14-6-8-16-30(28)36(31-17-9-7-15-29(31)35)26-18-19-27-32-20-24-12-4-5-13-25(24)21-34(32)37-33(27)22-26/h1-26H;1-24H;1-22H/i6D,7D,8D,9D,14D,15D,16D,17D;5D,6D,7D,8D,15D,16D,17D,18D;6D,7D,8D,9D,14D,15D,16D,17D. The maximum atomic E-state index is 9.29. The second kappa shape index (κ2) is 29.1. The Kier molecular flexibility index (Phi) is 12.1. The minimum Gasteiger partial charge on any atom is -0.135 e. The molecule has 0 bridgehead atoms. The lowest BCUT2D eigenvalue weighted by molar-refractivity contribution is 1.63. The number of benzene rings is 23. The second-order valence-corrected chi connectivity index (χ2v) is 33.4. The molecule has 0 radical (unpaired) electrons. The van der Waals surface area contributed by atoms with Gasteiger partial charge in [0.15, 0.2) is 0 Å². The molecule has 0 saturated heterocycles. The molecule has 0 saturated carbocycles. The van der Waals surface area contributed by atoms with Crippen molar-refractivity contribution in [3.05, 3.63) is 436 Å². The highest BCUT2D eigenvalue weighted by Gasteiger charge is 2.23. The smallest absolute Gasteiger partial charge is 0.0629 e. The van der Waals surface area contributed by atoms with E-state index < -0.39 is 72.5 Å². The largest absolute Gasteiger partial charge is 0.135 e. The molecule has 0 amide bonds.